The molecule has 3 atom stereocenters. The number of hydrogen-bond donors (Lipinski definition) is 2. The molecule has 5 heteroatoms. The van der Waals surface area contributed by atoms with Crippen molar-refractivity contribution in [1.29, 1.82) is 0 Å². The number of nitrogens with two attached hydrogens (primary N) is 1. The lowest BCUT2D eigenvalue weighted by atomic mass is 9.86. The summed E-state index contributed by atoms with van der Waals surface area (Å²) >= 11 is 0. The Kier molecular flexibility index (Phi) is 4.48. The first-order valence-corrected chi connectivity index (χ1v) is 7.38. The van der Waals surface area contributed by atoms with E-state index in [1.807, 2.05) is 10.8 Å². The van der Waals surface area contributed by atoms with Gasteiger partial charge in [-0.1, -0.05) is 20.8 Å². The summed E-state index contributed by atoms with van der Waals surface area (Å²) in [5, 5.41) is 3.21. The molecule has 20 heavy (non-hydrogen) atoms. The average Bonchev–Trinajstić information content (AvgIpc) is 2.98. The molecular formula is C15H26N4O. The summed E-state index contributed by atoms with van der Waals surface area (Å²) < 4.78 is 2.01. The zero-order chi connectivity index (χ0) is 14.8. The normalized spacial score (nSPS) is 24.6. The molecule has 2 rings (SSSR count). The minimum atomic E-state index is 0.000645. The van der Waals surface area contributed by atoms with E-state index in [4.69, 9.17) is 5.73 Å². The van der Waals surface area contributed by atoms with Crippen molar-refractivity contribution >= 4 is 5.91 Å². The summed E-state index contributed by atoms with van der Waals surface area (Å²) in [4.78, 5) is 16.4. The maximum atomic E-state index is 12.4. The molecule has 0 aliphatic heterocycles. The summed E-state index contributed by atoms with van der Waals surface area (Å²) in [6.07, 6.45) is 8.16. The topological polar surface area (TPSA) is 72.9 Å². The van der Waals surface area contributed by atoms with Gasteiger partial charge in [-0.05, 0) is 24.7 Å². The molecule has 3 N–H and O–H groups in total. The van der Waals surface area contributed by atoms with Crippen molar-refractivity contribution in [2.45, 2.75) is 58.7 Å². The second-order valence-corrected chi connectivity index (χ2v) is 6.96. The molecule has 1 fully saturated rings. The van der Waals surface area contributed by atoms with Crippen LogP contribution in [0.4, 0.5) is 0 Å². The van der Waals surface area contributed by atoms with E-state index in [9.17, 15) is 4.79 Å². The van der Waals surface area contributed by atoms with E-state index in [1.165, 1.54) is 0 Å². The third kappa shape index (κ3) is 3.82. The minimum Gasteiger partial charge on any atom is -0.351 e. The van der Waals surface area contributed by atoms with Gasteiger partial charge in [0.25, 0.3) is 0 Å². The van der Waals surface area contributed by atoms with Gasteiger partial charge < -0.3 is 15.6 Å². The average molecular weight is 278 g/mol. The van der Waals surface area contributed by atoms with Crippen LogP contribution < -0.4 is 11.1 Å². The van der Waals surface area contributed by atoms with Gasteiger partial charge >= 0.3 is 0 Å². The molecule has 0 aromatic carbocycles. The Morgan fingerprint density at radius 1 is 1.50 bits per heavy atom. The van der Waals surface area contributed by atoms with Crippen molar-refractivity contribution in [3.63, 3.8) is 0 Å². The van der Waals surface area contributed by atoms with Gasteiger partial charge in [0.05, 0.1) is 12.4 Å². The second kappa shape index (κ2) is 5.95. The van der Waals surface area contributed by atoms with Gasteiger partial charge in [-0.2, -0.15) is 0 Å². The summed E-state index contributed by atoms with van der Waals surface area (Å²) in [6, 6.07) is 0.272. The lowest BCUT2D eigenvalue weighted by molar-refractivity contribution is -0.126. The number of amides is 1. The third-order valence-electron chi connectivity index (χ3n) is 4.16. The van der Waals surface area contributed by atoms with Crippen LogP contribution in [0.25, 0.3) is 0 Å². The Balaban J connectivity index is 1.99. The molecule has 1 aromatic heterocycles. The minimum absolute atomic E-state index is 0.000645. The fraction of sp³-hybridized carbons (Fsp3) is 0.733. The van der Waals surface area contributed by atoms with Crippen molar-refractivity contribution in [2.24, 2.45) is 17.1 Å². The van der Waals surface area contributed by atoms with Crippen molar-refractivity contribution < 1.29 is 4.79 Å². The highest BCUT2D eigenvalue weighted by molar-refractivity contribution is 5.79. The number of aromatic nitrogens is 2. The summed E-state index contributed by atoms with van der Waals surface area (Å²) in [7, 11) is 0. The molecule has 1 heterocycles. The number of carbonyl (C=O) groups is 1. The Morgan fingerprint density at radius 2 is 2.25 bits per heavy atom. The van der Waals surface area contributed by atoms with E-state index < -0.39 is 0 Å². The van der Waals surface area contributed by atoms with Crippen molar-refractivity contribution in [3.05, 3.63) is 18.7 Å². The van der Waals surface area contributed by atoms with Gasteiger partial charge in [0.1, 0.15) is 0 Å². The quantitative estimate of drug-likeness (QED) is 0.877. The summed E-state index contributed by atoms with van der Waals surface area (Å²) in [5.41, 5.74) is 5.90. The van der Waals surface area contributed by atoms with Crippen molar-refractivity contribution in [3.8, 4) is 0 Å². The molecule has 0 bridgehead atoms. The molecule has 3 unspecified atom stereocenters. The van der Waals surface area contributed by atoms with Gasteiger partial charge in [0, 0.05) is 30.9 Å². The molecule has 1 aliphatic rings. The number of imidazole rings is 1. The van der Waals surface area contributed by atoms with E-state index in [1.54, 1.807) is 12.5 Å². The van der Waals surface area contributed by atoms with E-state index in [-0.39, 0.29) is 29.3 Å². The molecule has 0 saturated heterocycles. The highest BCUT2D eigenvalue weighted by Crippen LogP contribution is 2.26. The van der Waals surface area contributed by atoms with Crippen LogP contribution in [-0.4, -0.2) is 27.5 Å². The molecular weight excluding hydrogens is 252 g/mol. The lowest BCUT2D eigenvalue weighted by Gasteiger charge is -2.32. The third-order valence-corrected chi connectivity index (χ3v) is 4.16. The van der Waals surface area contributed by atoms with Gasteiger partial charge in [-0.25, -0.2) is 4.98 Å². The van der Waals surface area contributed by atoms with Gasteiger partial charge in [-0.15, -0.1) is 0 Å². The number of hydrogen-bond acceptors (Lipinski definition) is 3. The molecule has 1 aliphatic carbocycles. The van der Waals surface area contributed by atoms with Crippen LogP contribution in [0, 0.1) is 11.3 Å². The van der Waals surface area contributed by atoms with Gasteiger partial charge in [0.15, 0.2) is 0 Å². The van der Waals surface area contributed by atoms with E-state index in [0.717, 1.165) is 25.8 Å². The zero-order valence-electron chi connectivity index (χ0n) is 12.7. The lowest BCUT2D eigenvalue weighted by Crippen LogP contribution is -2.48. The maximum absolute atomic E-state index is 12.4. The van der Waals surface area contributed by atoms with Gasteiger partial charge in [-0.3, -0.25) is 4.79 Å². The molecule has 1 aromatic rings. The van der Waals surface area contributed by atoms with Crippen LogP contribution >= 0.6 is 0 Å². The molecule has 5 nitrogen and oxygen atoms in total. The first-order valence-electron chi connectivity index (χ1n) is 7.38. The Hall–Kier alpha value is -1.36. The fourth-order valence-electron chi connectivity index (χ4n) is 2.69. The Bertz CT molecular complexity index is 435. The number of rotatable bonds is 4. The highest BCUT2D eigenvalue weighted by Gasteiger charge is 2.32. The second-order valence-electron chi connectivity index (χ2n) is 6.96. The molecule has 1 saturated carbocycles. The number of carbonyl (C=O) groups excluding carboxylic acids is 1. The summed E-state index contributed by atoms with van der Waals surface area (Å²) in [6.45, 7) is 7.19. The van der Waals surface area contributed by atoms with Crippen LogP contribution in [0.5, 0.6) is 0 Å². The zero-order valence-corrected chi connectivity index (χ0v) is 12.7. The van der Waals surface area contributed by atoms with E-state index in [0.29, 0.717) is 0 Å². The smallest absolute Gasteiger partial charge is 0.223 e. The van der Waals surface area contributed by atoms with Crippen LogP contribution in [0.2, 0.25) is 0 Å². The first-order chi connectivity index (χ1) is 9.36. The summed E-state index contributed by atoms with van der Waals surface area (Å²) in [5.74, 6) is 0.232. The first kappa shape index (κ1) is 15.0. The predicted octanol–water partition coefficient (Wildman–Crippen LogP) is 1.54. The predicted molar refractivity (Wildman–Crippen MR) is 78.9 cm³/mol. The molecule has 0 spiro atoms. The van der Waals surface area contributed by atoms with Crippen molar-refractivity contribution in [2.75, 3.05) is 0 Å². The SMILES string of the molecule is CC(C)(C)C(Cn1ccnc1)NC(=O)C1CCC(N)C1. The van der Waals surface area contributed by atoms with Crippen LogP contribution in [-0.2, 0) is 11.3 Å². The maximum Gasteiger partial charge on any atom is 0.223 e. The van der Waals surface area contributed by atoms with Crippen LogP contribution in [0.1, 0.15) is 40.0 Å². The largest absolute Gasteiger partial charge is 0.351 e. The molecule has 0 radical (unpaired) electrons. The number of nitrogens with one attached hydrogen (secondary N) is 1. The molecule has 1 amide bonds. The van der Waals surface area contributed by atoms with Crippen LogP contribution in [0.15, 0.2) is 18.7 Å². The molecule has 112 valence electrons. The highest BCUT2D eigenvalue weighted by atomic mass is 16.2. The van der Waals surface area contributed by atoms with E-state index in [2.05, 4.69) is 31.1 Å². The monoisotopic (exact) mass is 278 g/mol. The Labute approximate surface area is 120 Å². The number of nitrogens with zero attached hydrogens (tertiary/aromatic N) is 2. The van der Waals surface area contributed by atoms with Crippen LogP contribution in [0.3, 0.4) is 0 Å². The Morgan fingerprint density at radius 3 is 2.75 bits per heavy atom. The van der Waals surface area contributed by atoms with Gasteiger partial charge in [0.2, 0.25) is 5.91 Å². The van der Waals surface area contributed by atoms with Crippen molar-refractivity contribution in [1.82, 2.24) is 14.9 Å². The fourth-order valence-corrected chi connectivity index (χ4v) is 2.69. The standard InChI is InChI=1S/C15H26N4O/c1-15(2,3)13(9-19-7-6-17-10-19)18-14(20)11-4-5-12(16)8-11/h6-7,10-13H,4-5,8-9,16H2,1-3H3,(H,18,20). The van der Waals surface area contributed by atoms with E-state index >= 15 is 0 Å².